The summed E-state index contributed by atoms with van der Waals surface area (Å²) in [5, 5.41) is 6.99. The standard InChI is InChI=1S/C7H5N2S/c1-2-6-7(9-3-1)10-5-4-8-6/h1-4,8H. The van der Waals surface area contributed by atoms with Crippen molar-refractivity contribution in [3.63, 3.8) is 0 Å². The molecule has 0 amide bonds. The third kappa shape index (κ3) is 0.885. The number of rotatable bonds is 0. The number of aromatic nitrogens is 1. The van der Waals surface area contributed by atoms with Crippen LogP contribution in [0.2, 0.25) is 0 Å². The van der Waals surface area contributed by atoms with Crippen LogP contribution in [0.3, 0.4) is 0 Å². The van der Waals surface area contributed by atoms with Crippen LogP contribution in [-0.4, -0.2) is 4.98 Å². The molecular weight excluding hydrogens is 144 g/mol. The highest BCUT2D eigenvalue weighted by molar-refractivity contribution is 8.01. The number of hydrogen-bond acceptors (Lipinski definition) is 3. The van der Waals surface area contributed by atoms with Crippen LogP contribution in [0.4, 0.5) is 5.69 Å². The SMILES string of the molecule is [C]1=CNc2cccnc2S1. The van der Waals surface area contributed by atoms with E-state index in [9.17, 15) is 0 Å². The quantitative estimate of drug-likeness (QED) is 0.609. The van der Waals surface area contributed by atoms with Gasteiger partial charge < -0.3 is 5.32 Å². The number of anilines is 1. The number of nitrogens with zero attached hydrogens (tertiary/aromatic N) is 1. The van der Waals surface area contributed by atoms with E-state index in [0.29, 0.717) is 0 Å². The third-order valence-corrected chi connectivity index (χ3v) is 1.97. The van der Waals surface area contributed by atoms with Gasteiger partial charge in [0.25, 0.3) is 0 Å². The first-order valence-electron chi connectivity index (χ1n) is 2.92. The van der Waals surface area contributed by atoms with E-state index in [0.717, 1.165) is 10.7 Å². The summed E-state index contributed by atoms with van der Waals surface area (Å²) >= 11 is 1.51. The summed E-state index contributed by atoms with van der Waals surface area (Å²) in [5.41, 5.74) is 1.06. The first-order valence-corrected chi connectivity index (χ1v) is 3.74. The van der Waals surface area contributed by atoms with Gasteiger partial charge in [-0.3, -0.25) is 0 Å². The Balaban J connectivity index is 2.47. The fourth-order valence-electron chi connectivity index (χ4n) is 0.774. The Labute approximate surface area is 63.4 Å². The highest BCUT2D eigenvalue weighted by Gasteiger charge is 2.03. The molecule has 10 heavy (non-hydrogen) atoms. The second-order valence-electron chi connectivity index (χ2n) is 1.86. The Morgan fingerprint density at radius 3 is 3.50 bits per heavy atom. The number of pyridine rings is 1. The minimum atomic E-state index is 0.991. The second-order valence-corrected chi connectivity index (χ2v) is 2.69. The van der Waals surface area contributed by atoms with E-state index in [2.05, 4.69) is 15.7 Å². The van der Waals surface area contributed by atoms with E-state index in [-0.39, 0.29) is 0 Å². The third-order valence-electron chi connectivity index (χ3n) is 1.21. The van der Waals surface area contributed by atoms with E-state index in [1.165, 1.54) is 11.8 Å². The fourth-order valence-corrected chi connectivity index (χ4v) is 1.35. The lowest BCUT2D eigenvalue weighted by Gasteiger charge is -2.08. The lowest BCUT2D eigenvalue weighted by atomic mass is 10.4. The highest BCUT2D eigenvalue weighted by Crippen LogP contribution is 2.27. The Morgan fingerprint density at radius 2 is 2.60 bits per heavy atom. The number of fused-ring (bicyclic) bond motifs is 1. The van der Waals surface area contributed by atoms with Crippen molar-refractivity contribution >= 4 is 17.4 Å². The average molecular weight is 149 g/mol. The topological polar surface area (TPSA) is 24.9 Å². The van der Waals surface area contributed by atoms with Crippen molar-refractivity contribution in [2.75, 3.05) is 5.32 Å². The van der Waals surface area contributed by atoms with Gasteiger partial charge in [-0.2, -0.15) is 0 Å². The molecule has 0 saturated carbocycles. The van der Waals surface area contributed by atoms with Gasteiger partial charge in [0.2, 0.25) is 0 Å². The molecule has 49 valence electrons. The van der Waals surface area contributed by atoms with Crippen LogP contribution in [-0.2, 0) is 0 Å². The molecule has 0 aliphatic carbocycles. The van der Waals surface area contributed by atoms with Crippen molar-refractivity contribution in [1.82, 2.24) is 4.98 Å². The van der Waals surface area contributed by atoms with Crippen molar-refractivity contribution in [1.29, 1.82) is 0 Å². The van der Waals surface area contributed by atoms with E-state index in [4.69, 9.17) is 0 Å². The second kappa shape index (κ2) is 2.34. The average Bonchev–Trinajstić information content (AvgIpc) is 2.05. The van der Waals surface area contributed by atoms with Crippen LogP contribution in [0.5, 0.6) is 0 Å². The normalized spacial score (nSPS) is 14.0. The van der Waals surface area contributed by atoms with Gasteiger partial charge in [-0.05, 0) is 12.1 Å². The molecular formula is C7H5N2S. The Kier molecular flexibility index (Phi) is 1.36. The Bertz CT molecular complexity index is 243. The van der Waals surface area contributed by atoms with Gasteiger partial charge in [-0.1, -0.05) is 11.8 Å². The molecule has 1 aliphatic heterocycles. The van der Waals surface area contributed by atoms with Crippen LogP contribution in [0.15, 0.2) is 29.6 Å². The monoisotopic (exact) mass is 149 g/mol. The predicted octanol–water partition coefficient (Wildman–Crippen LogP) is 1.87. The first kappa shape index (κ1) is 5.80. The zero-order valence-electron chi connectivity index (χ0n) is 5.16. The number of nitrogens with one attached hydrogen (secondary N) is 1. The van der Waals surface area contributed by atoms with Crippen LogP contribution in [0, 0.1) is 5.41 Å². The minimum Gasteiger partial charge on any atom is -0.358 e. The molecule has 2 rings (SSSR count). The van der Waals surface area contributed by atoms with Crippen molar-refractivity contribution in [2.24, 2.45) is 0 Å². The molecule has 2 nitrogen and oxygen atoms in total. The molecule has 0 unspecified atom stereocenters. The van der Waals surface area contributed by atoms with E-state index in [1.54, 1.807) is 12.4 Å². The molecule has 1 aliphatic rings. The lowest BCUT2D eigenvalue weighted by molar-refractivity contribution is 1.13. The summed E-state index contributed by atoms with van der Waals surface area (Å²) < 4.78 is 0. The Hall–Kier alpha value is -0.960. The highest BCUT2D eigenvalue weighted by atomic mass is 32.2. The smallest absolute Gasteiger partial charge is 0.124 e. The number of thioether (sulfide) groups is 1. The number of hydrogen-bond donors (Lipinski definition) is 1. The van der Waals surface area contributed by atoms with Crippen molar-refractivity contribution in [2.45, 2.75) is 5.03 Å². The van der Waals surface area contributed by atoms with E-state index >= 15 is 0 Å². The molecule has 0 aromatic carbocycles. The summed E-state index contributed by atoms with van der Waals surface area (Å²) in [7, 11) is 0. The van der Waals surface area contributed by atoms with Gasteiger partial charge in [0.15, 0.2) is 0 Å². The molecule has 0 bridgehead atoms. The largest absolute Gasteiger partial charge is 0.358 e. The fraction of sp³-hybridized carbons (Fsp3) is 0. The summed E-state index contributed by atoms with van der Waals surface area (Å²) in [4.78, 5) is 4.14. The van der Waals surface area contributed by atoms with Crippen LogP contribution >= 0.6 is 11.8 Å². The van der Waals surface area contributed by atoms with Gasteiger partial charge in [-0.15, -0.1) is 0 Å². The van der Waals surface area contributed by atoms with Gasteiger partial charge in [0.1, 0.15) is 5.03 Å². The first-order chi connectivity index (χ1) is 4.97. The van der Waals surface area contributed by atoms with E-state index < -0.39 is 0 Å². The summed E-state index contributed by atoms with van der Waals surface area (Å²) in [6, 6.07) is 3.90. The van der Waals surface area contributed by atoms with Gasteiger partial charge in [0.05, 0.1) is 5.69 Å². The molecule has 0 saturated heterocycles. The van der Waals surface area contributed by atoms with Crippen molar-refractivity contribution in [3.05, 3.63) is 29.9 Å². The van der Waals surface area contributed by atoms with Crippen LogP contribution in [0.1, 0.15) is 0 Å². The van der Waals surface area contributed by atoms with Gasteiger partial charge in [0, 0.05) is 17.8 Å². The molecule has 1 aromatic rings. The molecule has 1 aromatic heterocycles. The summed E-state index contributed by atoms with van der Waals surface area (Å²) in [5.74, 6) is 0. The molecule has 1 radical (unpaired) electrons. The summed E-state index contributed by atoms with van der Waals surface area (Å²) in [6.07, 6.45) is 3.56. The molecule has 0 atom stereocenters. The van der Waals surface area contributed by atoms with Gasteiger partial charge in [-0.25, -0.2) is 4.98 Å². The molecule has 2 heterocycles. The van der Waals surface area contributed by atoms with Gasteiger partial charge >= 0.3 is 0 Å². The molecule has 0 spiro atoms. The maximum Gasteiger partial charge on any atom is 0.124 e. The zero-order valence-corrected chi connectivity index (χ0v) is 5.98. The molecule has 3 heteroatoms. The molecule has 1 N–H and O–H groups in total. The zero-order chi connectivity index (χ0) is 6.81. The maximum atomic E-state index is 4.14. The summed E-state index contributed by atoms with van der Waals surface area (Å²) in [6.45, 7) is 0. The van der Waals surface area contributed by atoms with E-state index in [1.807, 2.05) is 12.1 Å². The van der Waals surface area contributed by atoms with Crippen molar-refractivity contribution < 1.29 is 0 Å². The van der Waals surface area contributed by atoms with Crippen molar-refractivity contribution in [3.8, 4) is 0 Å². The molecule has 0 fully saturated rings. The minimum absolute atomic E-state index is 0.991. The van der Waals surface area contributed by atoms with Crippen LogP contribution in [0.25, 0.3) is 0 Å². The lowest BCUT2D eigenvalue weighted by Crippen LogP contribution is -1.94. The predicted molar refractivity (Wildman–Crippen MR) is 41.5 cm³/mol. The van der Waals surface area contributed by atoms with Crippen LogP contribution < -0.4 is 5.32 Å². The Morgan fingerprint density at radius 1 is 1.60 bits per heavy atom. The maximum absolute atomic E-state index is 4.14.